The predicted molar refractivity (Wildman–Crippen MR) is 76.2 cm³/mol. The summed E-state index contributed by atoms with van der Waals surface area (Å²) >= 11 is 5.94. The summed E-state index contributed by atoms with van der Waals surface area (Å²) in [6.45, 7) is 4.29. The summed E-state index contributed by atoms with van der Waals surface area (Å²) in [5, 5.41) is 14.9. The molecule has 0 aliphatic carbocycles. The van der Waals surface area contributed by atoms with Gasteiger partial charge in [-0.2, -0.15) is 0 Å². The maximum atomic E-state index is 10.0. The number of aliphatic hydroxyl groups is 1. The molecule has 0 aliphatic heterocycles. The number of rotatable bonds is 4. The van der Waals surface area contributed by atoms with Crippen molar-refractivity contribution < 1.29 is 5.11 Å². The van der Waals surface area contributed by atoms with Crippen molar-refractivity contribution in [3.05, 3.63) is 35.5 Å². The third-order valence-corrected chi connectivity index (χ3v) is 3.36. The van der Waals surface area contributed by atoms with Crippen LogP contribution in [0.25, 0.3) is 10.9 Å². The second-order valence-corrected chi connectivity index (χ2v) is 5.16. The molecule has 4 heteroatoms. The number of nitrogens with zero attached hydrogens (tertiary/aromatic N) is 1. The highest BCUT2D eigenvalue weighted by atomic mass is 35.5. The lowest BCUT2D eigenvalue weighted by molar-refractivity contribution is 0.0698. The molecule has 1 aromatic carbocycles. The molecule has 1 aromatic heterocycles. The van der Waals surface area contributed by atoms with E-state index < -0.39 is 5.60 Å². The third kappa shape index (κ3) is 2.92. The monoisotopic (exact) mass is 264 g/mol. The van der Waals surface area contributed by atoms with Crippen LogP contribution in [-0.2, 0) is 0 Å². The van der Waals surface area contributed by atoms with Crippen LogP contribution >= 0.6 is 11.6 Å². The number of anilines is 1. The van der Waals surface area contributed by atoms with Gasteiger partial charge < -0.3 is 10.4 Å². The van der Waals surface area contributed by atoms with Gasteiger partial charge in [0.25, 0.3) is 0 Å². The summed E-state index contributed by atoms with van der Waals surface area (Å²) in [4.78, 5) is 4.28. The molecule has 18 heavy (non-hydrogen) atoms. The molecule has 96 valence electrons. The van der Waals surface area contributed by atoms with Crippen molar-refractivity contribution in [2.45, 2.75) is 25.9 Å². The molecule has 0 aliphatic rings. The molecule has 0 bridgehead atoms. The number of hydrogen-bond donors (Lipinski definition) is 2. The van der Waals surface area contributed by atoms with Gasteiger partial charge in [0.2, 0.25) is 0 Å². The molecule has 0 radical (unpaired) electrons. The number of halogens is 1. The van der Waals surface area contributed by atoms with Gasteiger partial charge in [0.15, 0.2) is 0 Å². The number of aromatic nitrogens is 1. The first-order valence-electron chi connectivity index (χ1n) is 6.02. The normalized spacial score (nSPS) is 14.4. The van der Waals surface area contributed by atoms with Crippen molar-refractivity contribution in [1.82, 2.24) is 4.98 Å². The van der Waals surface area contributed by atoms with Gasteiger partial charge in [-0.15, -0.1) is 0 Å². The average molecular weight is 265 g/mol. The first-order valence-corrected chi connectivity index (χ1v) is 6.40. The summed E-state index contributed by atoms with van der Waals surface area (Å²) in [7, 11) is 0. The Hall–Kier alpha value is -1.32. The van der Waals surface area contributed by atoms with E-state index in [0.717, 1.165) is 16.6 Å². The van der Waals surface area contributed by atoms with E-state index in [-0.39, 0.29) is 0 Å². The summed E-state index contributed by atoms with van der Waals surface area (Å²) in [6, 6.07) is 7.52. The van der Waals surface area contributed by atoms with Crippen LogP contribution in [0.1, 0.15) is 20.3 Å². The van der Waals surface area contributed by atoms with Crippen LogP contribution in [0.5, 0.6) is 0 Å². The number of pyridine rings is 1. The van der Waals surface area contributed by atoms with Crippen LogP contribution in [0.3, 0.4) is 0 Å². The minimum atomic E-state index is -0.706. The fraction of sp³-hybridized carbons (Fsp3) is 0.357. The quantitative estimate of drug-likeness (QED) is 0.889. The maximum Gasteiger partial charge on any atom is 0.0788 e. The summed E-state index contributed by atoms with van der Waals surface area (Å²) in [5.74, 6) is 0. The molecule has 1 heterocycles. The van der Waals surface area contributed by atoms with Crippen molar-refractivity contribution in [1.29, 1.82) is 0 Å². The van der Waals surface area contributed by atoms with Crippen molar-refractivity contribution in [2.75, 3.05) is 11.9 Å². The first kappa shape index (κ1) is 13.1. The number of fused-ring (bicyclic) bond motifs is 1. The van der Waals surface area contributed by atoms with Crippen LogP contribution in [-0.4, -0.2) is 22.2 Å². The van der Waals surface area contributed by atoms with Crippen LogP contribution in [0, 0.1) is 0 Å². The Morgan fingerprint density at radius 1 is 1.39 bits per heavy atom. The lowest BCUT2D eigenvalue weighted by Gasteiger charge is -2.22. The second kappa shape index (κ2) is 5.12. The highest BCUT2D eigenvalue weighted by Gasteiger charge is 2.17. The lowest BCUT2D eigenvalue weighted by Crippen LogP contribution is -2.32. The van der Waals surface area contributed by atoms with Crippen LogP contribution in [0.15, 0.2) is 30.5 Å². The molecule has 1 atom stereocenters. The van der Waals surface area contributed by atoms with Crippen molar-refractivity contribution in [3.63, 3.8) is 0 Å². The molecule has 0 fully saturated rings. The molecule has 2 N–H and O–H groups in total. The van der Waals surface area contributed by atoms with Crippen molar-refractivity contribution in [2.24, 2.45) is 0 Å². The molecule has 1 unspecified atom stereocenters. The largest absolute Gasteiger partial charge is 0.388 e. The highest BCUT2D eigenvalue weighted by Crippen LogP contribution is 2.25. The maximum absolute atomic E-state index is 10.0. The SMILES string of the molecule is CCC(C)(O)CNc1ccnc2cc(Cl)ccc12. The van der Waals surface area contributed by atoms with E-state index >= 15 is 0 Å². The van der Waals surface area contributed by atoms with Gasteiger partial charge in [-0.3, -0.25) is 4.98 Å². The van der Waals surface area contributed by atoms with Gasteiger partial charge in [0.05, 0.1) is 11.1 Å². The molecule has 2 rings (SSSR count). The molecule has 2 aromatic rings. The van der Waals surface area contributed by atoms with E-state index in [9.17, 15) is 5.11 Å². The zero-order chi connectivity index (χ0) is 13.2. The average Bonchev–Trinajstić information content (AvgIpc) is 2.36. The summed E-state index contributed by atoms with van der Waals surface area (Å²) < 4.78 is 0. The molecular weight excluding hydrogens is 248 g/mol. The second-order valence-electron chi connectivity index (χ2n) is 4.72. The molecule has 0 spiro atoms. The fourth-order valence-corrected chi connectivity index (χ4v) is 1.85. The fourth-order valence-electron chi connectivity index (χ4n) is 1.69. The Labute approximate surface area is 112 Å². The third-order valence-electron chi connectivity index (χ3n) is 3.13. The van der Waals surface area contributed by atoms with Gasteiger partial charge >= 0.3 is 0 Å². The summed E-state index contributed by atoms with van der Waals surface area (Å²) in [5.41, 5.74) is 1.11. The van der Waals surface area contributed by atoms with Gasteiger partial charge in [0, 0.05) is 28.8 Å². The van der Waals surface area contributed by atoms with Crippen LogP contribution < -0.4 is 5.32 Å². The zero-order valence-corrected chi connectivity index (χ0v) is 11.3. The van der Waals surface area contributed by atoms with Gasteiger partial charge in [-0.05, 0) is 37.6 Å². The molecular formula is C14H17ClN2O. The Morgan fingerprint density at radius 3 is 2.89 bits per heavy atom. The van der Waals surface area contributed by atoms with Gasteiger partial charge in [-0.1, -0.05) is 18.5 Å². The smallest absolute Gasteiger partial charge is 0.0788 e. The van der Waals surface area contributed by atoms with Gasteiger partial charge in [0.1, 0.15) is 0 Å². The van der Waals surface area contributed by atoms with Crippen molar-refractivity contribution in [3.8, 4) is 0 Å². The zero-order valence-electron chi connectivity index (χ0n) is 10.6. The first-order chi connectivity index (χ1) is 8.52. The molecule has 3 nitrogen and oxygen atoms in total. The number of benzene rings is 1. The van der Waals surface area contributed by atoms with Crippen molar-refractivity contribution >= 4 is 28.2 Å². The van der Waals surface area contributed by atoms with E-state index in [1.54, 1.807) is 6.20 Å². The number of hydrogen-bond acceptors (Lipinski definition) is 3. The molecule has 0 saturated heterocycles. The lowest BCUT2D eigenvalue weighted by atomic mass is 10.0. The van der Waals surface area contributed by atoms with E-state index in [1.165, 1.54) is 0 Å². The molecule has 0 amide bonds. The van der Waals surface area contributed by atoms with E-state index in [2.05, 4.69) is 10.3 Å². The van der Waals surface area contributed by atoms with Crippen LogP contribution in [0.2, 0.25) is 5.02 Å². The van der Waals surface area contributed by atoms with Gasteiger partial charge in [-0.25, -0.2) is 0 Å². The Bertz CT molecular complexity index is 554. The van der Waals surface area contributed by atoms with E-state index in [0.29, 0.717) is 18.0 Å². The Balaban J connectivity index is 2.29. The van der Waals surface area contributed by atoms with Crippen LogP contribution in [0.4, 0.5) is 5.69 Å². The Kier molecular flexibility index (Phi) is 3.73. The summed E-state index contributed by atoms with van der Waals surface area (Å²) in [6.07, 6.45) is 2.44. The topological polar surface area (TPSA) is 45.1 Å². The predicted octanol–water partition coefficient (Wildman–Crippen LogP) is 3.46. The molecule has 0 saturated carbocycles. The van der Waals surface area contributed by atoms with E-state index in [1.807, 2.05) is 38.1 Å². The Morgan fingerprint density at radius 2 is 2.17 bits per heavy atom. The highest BCUT2D eigenvalue weighted by molar-refractivity contribution is 6.31. The number of nitrogens with one attached hydrogen (secondary N) is 1. The minimum absolute atomic E-state index is 0.505. The standard InChI is InChI=1S/C14H17ClN2O/c1-3-14(2,18)9-17-12-6-7-16-13-8-10(15)4-5-11(12)13/h4-8,18H,3,9H2,1-2H3,(H,16,17). The minimum Gasteiger partial charge on any atom is -0.388 e. The van der Waals surface area contributed by atoms with E-state index in [4.69, 9.17) is 11.6 Å².